The zero-order valence-electron chi connectivity index (χ0n) is 6.43. The van der Waals surface area contributed by atoms with Gasteiger partial charge in [-0.25, -0.2) is 4.98 Å². The predicted octanol–water partition coefficient (Wildman–Crippen LogP) is -0.518. The van der Waals surface area contributed by atoms with Gasteiger partial charge in [0.25, 0.3) is 0 Å². The third kappa shape index (κ3) is 1.45. The summed E-state index contributed by atoms with van der Waals surface area (Å²) < 4.78 is 1.55. The Balaban J connectivity index is 2.99. The van der Waals surface area contributed by atoms with Gasteiger partial charge in [0.1, 0.15) is 0 Å². The monoisotopic (exact) mass is 153 g/mol. The van der Waals surface area contributed by atoms with Gasteiger partial charge in [-0.15, -0.1) is 0 Å². The average Bonchev–Trinajstić information content (AvgIpc) is 2.40. The highest BCUT2D eigenvalue weighted by molar-refractivity contribution is 5.79. The summed E-state index contributed by atoms with van der Waals surface area (Å²) >= 11 is 0. The summed E-state index contributed by atoms with van der Waals surface area (Å²) in [6.07, 6.45) is 4.78. The quantitative estimate of drug-likeness (QED) is 0.286. The molecule has 0 radical (unpaired) electrons. The molecule has 0 aliphatic heterocycles. The molecular weight excluding hydrogens is 144 g/mol. The zero-order valence-corrected chi connectivity index (χ0v) is 6.43. The molecule has 0 spiro atoms. The molecule has 0 aliphatic carbocycles. The van der Waals surface area contributed by atoms with E-state index in [1.807, 2.05) is 0 Å². The maximum Gasteiger partial charge on any atom is 0.502 e. The van der Waals surface area contributed by atoms with E-state index >= 15 is 0 Å². The molecule has 1 rings (SSSR count). The predicted molar refractivity (Wildman–Crippen MR) is 41.8 cm³/mol. The van der Waals surface area contributed by atoms with Gasteiger partial charge in [-0.3, -0.25) is 4.90 Å². The van der Waals surface area contributed by atoms with E-state index in [0.29, 0.717) is 5.96 Å². The van der Waals surface area contributed by atoms with E-state index in [1.165, 1.54) is 6.33 Å². The van der Waals surface area contributed by atoms with Gasteiger partial charge in [-0.1, -0.05) is 0 Å². The van der Waals surface area contributed by atoms with E-state index in [9.17, 15) is 4.91 Å². The molecule has 0 saturated carbocycles. The number of imidazole rings is 1. The van der Waals surface area contributed by atoms with E-state index in [1.54, 1.807) is 36.0 Å². The van der Waals surface area contributed by atoms with Crippen molar-refractivity contribution in [3.63, 3.8) is 0 Å². The highest BCUT2D eigenvalue weighted by Crippen LogP contribution is 1.86. The van der Waals surface area contributed by atoms with Crippen LogP contribution in [0.1, 0.15) is 0 Å². The van der Waals surface area contributed by atoms with Crippen LogP contribution in [0, 0.1) is 4.91 Å². The summed E-state index contributed by atoms with van der Waals surface area (Å²) in [7, 11) is 3.49. The Bertz CT molecular complexity index is 271. The third-order valence-electron chi connectivity index (χ3n) is 1.22. The van der Waals surface area contributed by atoms with Gasteiger partial charge in [-0.2, -0.15) is 4.57 Å². The molecule has 11 heavy (non-hydrogen) atoms. The fourth-order valence-electron chi connectivity index (χ4n) is 0.737. The van der Waals surface area contributed by atoms with Crippen LogP contribution in [0.2, 0.25) is 0 Å². The molecule has 5 heteroatoms. The van der Waals surface area contributed by atoms with E-state index in [-0.39, 0.29) is 0 Å². The molecular formula is C6H9N4O+. The maximum atomic E-state index is 10.3. The van der Waals surface area contributed by atoms with Gasteiger partial charge in [-0.05, 0) is 0 Å². The van der Waals surface area contributed by atoms with Crippen molar-refractivity contribution in [3.05, 3.63) is 23.6 Å². The number of aromatic nitrogens is 2. The van der Waals surface area contributed by atoms with Crippen molar-refractivity contribution in [2.75, 3.05) is 14.1 Å². The second-order valence-electron chi connectivity index (χ2n) is 2.26. The normalized spacial score (nSPS) is 8.91. The van der Waals surface area contributed by atoms with Gasteiger partial charge in [0.15, 0.2) is 6.33 Å². The van der Waals surface area contributed by atoms with E-state index in [4.69, 9.17) is 0 Å². The summed E-state index contributed by atoms with van der Waals surface area (Å²) in [4.78, 5) is 18.5. The Morgan fingerprint density at radius 2 is 2.36 bits per heavy atom. The van der Waals surface area contributed by atoms with Gasteiger partial charge in [0.05, 0.1) is 26.5 Å². The Kier molecular flexibility index (Phi) is 2.03. The van der Waals surface area contributed by atoms with Crippen molar-refractivity contribution in [2.24, 2.45) is 0 Å². The van der Waals surface area contributed by atoms with Crippen LogP contribution in [0.3, 0.4) is 0 Å². The lowest BCUT2D eigenvalue weighted by Gasteiger charge is -1.99. The first kappa shape index (κ1) is 7.50. The van der Waals surface area contributed by atoms with Crippen LogP contribution in [-0.4, -0.2) is 34.5 Å². The summed E-state index contributed by atoms with van der Waals surface area (Å²) in [5.74, 6) is 0.322. The molecule has 0 fully saturated rings. The number of rotatable bonds is 0. The van der Waals surface area contributed by atoms with E-state index in [2.05, 4.69) is 9.84 Å². The maximum absolute atomic E-state index is 10.3. The molecule has 0 N–H and O–H groups in total. The number of hydrogen-bond donors (Lipinski definition) is 0. The number of nitroso groups, excluding NO2 is 1. The minimum atomic E-state index is 0.322. The fraction of sp³-hybridized carbons (Fsp3) is 0.333. The first-order valence-corrected chi connectivity index (χ1v) is 3.11. The van der Waals surface area contributed by atoms with Crippen LogP contribution >= 0.6 is 0 Å². The Labute approximate surface area is 64.0 Å². The SMILES string of the molecule is CN(C)C(=[N+]=O)n1ccnc1. The first-order chi connectivity index (χ1) is 5.25. The van der Waals surface area contributed by atoms with Gasteiger partial charge < -0.3 is 0 Å². The number of nitrogens with zero attached hydrogens (tertiary/aromatic N) is 4. The lowest BCUT2D eigenvalue weighted by molar-refractivity contribution is 0.593. The molecule has 0 amide bonds. The Hall–Kier alpha value is -1.61. The van der Waals surface area contributed by atoms with E-state index < -0.39 is 0 Å². The summed E-state index contributed by atoms with van der Waals surface area (Å²) in [5, 5.41) is 0. The molecule has 0 saturated heterocycles. The topological polar surface area (TPSA) is 52.2 Å². The van der Waals surface area contributed by atoms with Gasteiger partial charge in [0.2, 0.25) is 0 Å². The van der Waals surface area contributed by atoms with Crippen molar-refractivity contribution in [1.29, 1.82) is 0 Å². The largest absolute Gasteiger partial charge is 0.502 e. The zero-order chi connectivity index (χ0) is 8.27. The van der Waals surface area contributed by atoms with Gasteiger partial charge in [0, 0.05) is 9.76 Å². The smallest absolute Gasteiger partial charge is 0.252 e. The molecule has 0 aliphatic rings. The highest BCUT2D eigenvalue weighted by atomic mass is 16.2. The number of hydrogen-bond acceptors (Lipinski definition) is 2. The molecule has 0 aromatic carbocycles. The first-order valence-electron chi connectivity index (χ1n) is 3.11. The van der Waals surface area contributed by atoms with Crippen molar-refractivity contribution >= 4 is 5.96 Å². The molecule has 1 aromatic heterocycles. The van der Waals surface area contributed by atoms with Crippen molar-refractivity contribution in [3.8, 4) is 0 Å². The third-order valence-corrected chi connectivity index (χ3v) is 1.22. The van der Waals surface area contributed by atoms with Gasteiger partial charge >= 0.3 is 5.96 Å². The standard InChI is InChI=1S/C6H9N4O/c1-9(2)6(8-11)10-4-3-7-5-10/h3-5H,1-2H3/q+1. The molecule has 1 heterocycles. The summed E-state index contributed by atoms with van der Waals surface area (Å²) in [5.41, 5.74) is 0. The summed E-state index contributed by atoms with van der Waals surface area (Å²) in [6.45, 7) is 0. The van der Waals surface area contributed by atoms with Crippen LogP contribution in [-0.2, 0) is 0 Å². The molecule has 5 nitrogen and oxygen atoms in total. The highest BCUT2D eigenvalue weighted by Gasteiger charge is 2.15. The summed E-state index contributed by atoms with van der Waals surface area (Å²) in [6, 6.07) is 0. The van der Waals surface area contributed by atoms with Crippen molar-refractivity contribution in [2.45, 2.75) is 0 Å². The lowest BCUT2D eigenvalue weighted by atomic mass is 10.7. The second-order valence-corrected chi connectivity index (χ2v) is 2.26. The molecule has 58 valence electrons. The molecule has 0 atom stereocenters. The average molecular weight is 153 g/mol. The van der Waals surface area contributed by atoms with Crippen LogP contribution in [0.4, 0.5) is 0 Å². The lowest BCUT2D eigenvalue weighted by Crippen LogP contribution is -2.30. The fourth-order valence-corrected chi connectivity index (χ4v) is 0.737. The van der Waals surface area contributed by atoms with Crippen molar-refractivity contribution in [1.82, 2.24) is 19.3 Å². The van der Waals surface area contributed by atoms with E-state index in [0.717, 1.165) is 0 Å². The minimum Gasteiger partial charge on any atom is -0.252 e. The molecule has 0 unspecified atom stereocenters. The minimum absolute atomic E-state index is 0.322. The Morgan fingerprint density at radius 1 is 1.64 bits per heavy atom. The molecule has 1 aromatic rings. The van der Waals surface area contributed by atoms with Crippen LogP contribution in [0.25, 0.3) is 0 Å². The van der Waals surface area contributed by atoms with Crippen molar-refractivity contribution < 1.29 is 0 Å². The van der Waals surface area contributed by atoms with Crippen LogP contribution in [0.5, 0.6) is 0 Å². The Morgan fingerprint density at radius 3 is 2.73 bits per heavy atom. The van der Waals surface area contributed by atoms with Crippen LogP contribution < -0.4 is 4.85 Å². The second kappa shape index (κ2) is 2.98. The van der Waals surface area contributed by atoms with Crippen LogP contribution in [0.15, 0.2) is 18.7 Å². The molecule has 0 bridgehead atoms.